The van der Waals surface area contributed by atoms with Gasteiger partial charge in [0.2, 0.25) is 0 Å². The molecule has 2 N–H and O–H groups in total. The number of rotatable bonds is 2. The summed E-state index contributed by atoms with van der Waals surface area (Å²) in [4.78, 5) is 0. The summed E-state index contributed by atoms with van der Waals surface area (Å²) < 4.78 is 19.1. The number of hydrogen-bond acceptors (Lipinski definition) is 2. The third-order valence-electron chi connectivity index (χ3n) is 3.63. The lowest BCUT2D eigenvalue weighted by molar-refractivity contribution is 0.357. The minimum atomic E-state index is -0.305. The van der Waals surface area contributed by atoms with Gasteiger partial charge in [0.05, 0.1) is 12.6 Å². The number of benzene rings is 2. The molecule has 3 heteroatoms. The highest BCUT2D eigenvalue weighted by Gasteiger charge is 2.16. The number of hydrogen-bond donors (Lipinski definition) is 1. The largest absolute Gasteiger partial charge is 0.493 e. The summed E-state index contributed by atoms with van der Waals surface area (Å²) in [5.41, 5.74) is 9.83. The van der Waals surface area contributed by atoms with Crippen molar-refractivity contribution in [2.45, 2.75) is 19.4 Å². The summed E-state index contributed by atoms with van der Waals surface area (Å²) >= 11 is 0. The first-order valence-corrected chi connectivity index (χ1v) is 6.42. The first-order valence-electron chi connectivity index (χ1n) is 6.42. The van der Waals surface area contributed by atoms with Crippen molar-refractivity contribution in [2.24, 2.45) is 5.73 Å². The standard InChI is InChI=1S/C16H16FNO/c1-10-2-3-13(9-14(10)17)16(18)12-4-5-15-11(8-12)6-7-19-15/h2-5,8-9,16H,6-7,18H2,1H3. The van der Waals surface area contributed by atoms with Crippen LogP contribution in [0.25, 0.3) is 0 Å². The second-order valence-corrected chi connectivity index (χ2v) is 4.95. The van der Waals surface area contributed by atoms with Gasteiger partial charge in [-0.05, 0) is 41.3 Å². The van der Waals surface area contributed by atoms with Crippen molar-refractivity contribution in [2.75, 3.05) is 6.61 Å². The molecular weight excluding hydrogens is 241 g/mol. The first kappa shape index (κ1) is 12.2. The molecule has 0 aliphatic carbocycles. The van der Waals surface area contributed by atoms with Crippen LogP contribution in [0, 0.1) is 12.7 Å². The van der Waals surface area contributed by atoms with Gasteiger partial charge in [-0.25, -0.2) is 4.39 Å². The van der Waals surface area contributed by atoms with Crippen LogP contribution in [0.15, 0.2) is 36.4 Å². The highest BCUT2D eigenvalue weighted by atomic mass is 19.1. The molecule has 0 saturated carbocycles. The Morgan fingerprint density at radius 2 is 1.89 bits per heavy atom. The topological polar surface area (TPSA) is 35.2 Å². The maximum Gasteiger partial charge on any atom is 0.126 e. The SMILES string of the molecule is Cc1ccc(C(N)c2ccc3c(c2)CCO3)cc1F. The Balaban J connectivity index is 1.94. The van der Waals surface area contributed by atoms with Gasteiger partial charge in [-0.1, -0.05) is 24.3 Å². The number of nitrogens with two attached hydrogens (primary N) is 1. The predicted octanol–water partition coefficient (Wildman–Crippen LogP) is 3.12. The maximum atomic E-state index is 13.6. The molecular formula is C16H16FNO. The molecule has 0 spiro atoms. The quantitative estimate of drug-likeness (QED) is 0.897. The molecule has 0 fully saturated rings. The van der Waals surface area contributed by atoms with Crippen LogP contribution in [0.1, 0.15) is 28.3 Å². The minimum absolute atomic E-state index is 0.211. The fourth-order valence-electron chi connectivity index (χ4n) is 2.39. The number of ether oxygens (including phenoxy) is 1. The van der Waals surface area contributed by atoms with Crippen LogP contribution in [-0.4, -0.2) is 6.61 Å². The minimum Gasteiger partial charge on any atom is -0.493 e. The van der Waals surface area contributed by atoms with E-state index < -0.39 is 0 Å². The summed E-state index contributed by atoms with van der Waals surface area (Å²) in [5.74, 6) is 0.725. The van der Waals surface area contributed by atoms with Crippen molar-refractivity contribution >= 4 is 0 Å². The third kappa shape index (κ3) is 2.22. The molecule has 2 aromatic rings. The van der Waals surface area contributed by atoms with Gasteiger partial charge in [-0.3, -0.25) is 0 Å². The Kier molecular flexibility index (Phi) is 2.99. The van der Waals surface area contributed by atoms with Gasteiger partial charge in [0, 0.05) is 6.42 Å². The molecule has 1 heterocycles. The number of fused-ring (bicyclic) bond motifs is 1. The zero-order valence-corrected chi connectivity index (χ0v) is 10.8. The van der Waals surface area contributed by atoms with E-state index in [1.54, 1.807) is 13.0 Å². The monoisotopic (exact) mass is 257 g/mol. The van der Waals surface area contributed by atoms with Gasteiger partial charge in [0.25, 0.3) is 0 Å². The van der Waals surface area contributed by atoms with Crippen LogP contribution in [0.2, 0.25) is 0 Å². The van der Waals surface area contributed by atoms with Crippen molar-refractivity contribution in [3.05, 3.63) is 64.5 Å². The average molecular weight is 257 g/mol. The van der Waals surface area contributed by atoms with E-state index >= 15 is 0 Å². The van der Waals surface area contributed by atoms with Crippen LogP contribution in [0.5, 0.6) is 5.75 Å². The zero-order chi connectivity index (χ0) is 13.4. The fourth-order valence-corrected chi connectivity index (χ4v) is 2.39. The van der Waals surface area contributed by atoms with Gasteiger partial charge < -0.3 is 10.5 Å². The van der Waals surface area contributed by atoms with Gasteiger partial charge in [-0.15, -0.1) is 0 Å². The molecule has 0 saturated heterocycles. The van der Waals surface area contributed by atoms with E-state index in [4.69, 9.17) is 10.5 Å². The van der Waals surface area contributed by atoms with E-state index in [9.17, 15) is 4.39 Å². The van der Waals surface area contributed by atoms with Crippen molar-refractivity contribution < 1.29 is 9.13 Å². The van der Waals surface area contributed by atoms with Crippen LogP contribution in [0.3, 0.4) is 0 Å². The maximum absolute atomic E-state index is 13.6. The average Bonchev–Trinajstić information content (AvgIpc) is 2.88. The summed E-state index contributed by atoms with van der Waals surface area (Å²) in [7, 11) is 0. The molecule has 1 aliphatic heterocycles. The molecule has 98 valence electrons. The molecule has 0 amide bonds. The second kappa shape index (κ2) is 4.67. The third-order valence-corrected chi connectivity index (χ3v) is 3.63. The van der Waals surface area contributed by atoms with E-state index in [2.05, 4.69) is 6.07 Å². The Bertz CT molecular complexity index is 624. The van der Waals surface area contributed by atoms with Crippen molar-refractivity contribution in [3.8, 4) is 5.75 Å². The molecule has 1 unspecified atom stereocenters. The molecule has 0 radical (unpaired) electrons. The van der Waals surface area contributed by atoms with E-state index in [0.717, 1.165) is 29.9 Å². The Hall–Kier alpha value is -1.87. The molecule has 1 atom stereocenters. The molecule has 3 rings (SSSR count). The van der Waals surface area contributed by atoms with Crippen LogP contribution >= 0.6 is 0 Å². The van der Waals surface area contributed by atoms with Crippen molar-refractivity contribution in [3.63, 3.8) is 0 Å². The Labute approximate surface area is 112 Å². The lowest BCUT2D eigenvalue weighted by atomic mass is 9.96. The molecule has 19 heavy (non-hydrogen) atoms. The van der Waals surface area contributed by atoms with E-state index in [-0.39, 0.29) is 11.9 Å². The fraction of sp³-hybridized carbons (Fsp3) is 0.250. The van der Waals surface area contributed by atoms with Crippen molar-refractivity contribution in [1.82, 2.24) is 0 Å². The van der Waals surface area contributed by atoms with Crippen LogP contribution in [-0.2, 0) is 6.42 Å². The number of aryl methyl sites for hydroxylation is 1. The second-order valence-electron chi connectivity index (χ2n) is 4.95. The highest BCUT2D eigenvalue weighted by Crippen LogP contribution is 2.29. The van der Waals surface area contributed by atoms with Crippen LogP contribution in [0.4, 0.5) is 4.39 Å². The molecule has 1 aliphatic rings. The van der Waals surface area contributed by atoms with E-state index in [1.165, 1.54) is 11.6 Å². The predicted molar refractivity (Wildman–Crippen MR) is 72.8 cm³/mol. The Morgan fingerprint density at radius 1 is 1.16 bits per heavy atom. The van der Waals surface area contributed by atoms with Gasteiger partial charge in [0.1, 0.15) is 11.6 Å². The lowest BCUT2D eigenvalue weighted by Gasteiger charge is -2.14. The summed E-state index contributed by atoms with van der Waals surface area (Å²) in [6, 6.07) is 10.8. The molecule has 0 aromatic heterocycles. The van der Waals surface area contributed by atoms with E-state index in [0.29, 0.717) is 5.56 Å². The van der Waals surface area contributed by atoms with Gasteiger partial charge >= 0.3 is 0 Å². The van der Waals surface area contributed by atoms with E-state index in [1.807, 2.05) is 18.2 Å². The zero-order valence-electron chi connectivity index (χ0n) is 10.8. The lowest BCUT2D eigenvalue weighted by Crippen LogP contribution is -2.12. The first-order chi connectivity index (χ1) is 9.15. The Morgan fingerprint density at radius 3 is 2.68 bits per heavy atom. The highest BCUT2D eigenvalue weighted by molar-refractivity contribution is 5.43. The smallest absolute Gasteiger partial charge is 0.126 e. The summed E-state index contributed by atoms with van der Waals surface area (Å²) in [6.45, 7) is 2.48. The molecule has 2 aromatic carbocycles. The number of halogens is 1. The van der Waals surface area contributed by atoms with Gasteiger partial charge in [-0.2, -0.15) is 0 Å². The molecule has 2 nitrogen and oxygen atoms in total. The molecule has 0 bridgehead atoms. The van der Waals surface area contributed by atoms with Gasteiger partial charge in [0.15, 0.2) is 0 Å². The van der Waals surface area contributed by atoms with Crippen LogP contribution < -0.4 is 10.5 Å². The summed E-state index contributed by atoms with van der Waals surface area (Å²) in [5, 5.41) is 0. The normalized spacial score (nSPS) is 14.9. The van der Waals surface area contributed by atoms with Crippen molar-refractivity contribution in [1.29, 1.82) is 0 Å². The summed E-state index contributed by atoms with van der Waals surface area (Å²) in [6.07, 6.45) is 0.915.